The van der Waals surface area contributed by atoms with E-state index in [0.29, 0.717) is 17.1 Å². The van der Waals surface area contributed by atoms with Gasteiger partial charge in [0.15, 0.2) is 5.69 Å². The molecule has 0 aliphatic carbocycles. The van der Waals surface area contributed by atoms with Gasteiger partial charge in [0, 0.05) is 5.69 Å². The molecule has 0 aliphatic rings. The third-order valence-corrected chi connectivity index (χ3v) is 3.88. The molecule has 4 rings (SSSR count). The lowest BCUT2D eigenvalue weighted by Crippen LogP contribution is -2.12. The Morgan fingerprint density at radius 3 is 2.59 bits per heavy atom. The topological polar surface area (TPSA) is 99.0 Å². The molecular formula is C19H14FN5O2. The molecule has 0 saturated heterocycles. The van der Waals surface area contributed by atoms with Gasteiger partial charge >= 0.3 is 0 Å². The minimum atomic E-state index is -0.481. The van der Waals surface area contributed by atoms with Crippen LogP contribution in [0.2, 0.25) is 0 Å². The monoisotopic (exact) mass is 363 g/mol. The molecular weight excluding hydrogens is 349 g/mol. The van der Waals surface area contributed by atoms with Gasteiger partial charge in [-0.15, -0.1) is 0 Å². The summed E-state index contributed by atoms with van der Waals surface area (Å²) < 4.78 is 19.9. The zero-order valence-corrected chi connectivity index (χ0v) is 14.0. The fraction of sp³-hybridized carbons (Fsp3) is 0. The highest BCUT2D eigenvalue weighted by Gasteiger charge is 2.18. The molecule has 0 spiro atoms. The summed E-state index contributed by atoms with van der Waals surface area (Å²) in [4.78, 5) is 16.5. The first-order valence-electron chi connectivity index (χ1n) is 8.03. The number of rotatable bonds is 4. The number of nitrogen functional groups attached to an aromatic ring is 1. The summed E-state index contributed by atoms with van der Waals surface area (Å²) in [5.41, 5.74) is 7.94. The van der Waals surface area contributed by atoms with Crippen molar-refractivity contribution in [3.63, 3.8) is 0 Å². The van der Waals surface area contributed by atoms with Crippen LogP contribution in [0.1, 0.15) is 10.5 Å². The van der Waals surface area contributed by atoms with Crippen LogP contribution in [0.4, 0.5) is 15.9 Å². The molecule has 8 heteroatoms. The maximum absolute atomic E-state index is 12.9. The Morgan fingerprint density at radius 1 is 1.11 bits per heavy atom. The molecule has 3 N–H and O–H groups in total. The Kier molecular flexibility index (Phi) is 4.13. The van der Waals surface area contributed by atoms with Crippen molar-refractivity contribution in [3.05, 3.63) is 78.6 Å². The summed E-state index contributed by atoms with van der Waals surface area (Å²) in [6.07, 6.45) is 2.75. The number of nitrogens with zero attached hydrogens (tertiary/aromatic N) is 3. The summed E-state index contributed by atoms with van der Waals surface area (Å²) in [6, 6.07) is 14.8. The maximum Gasteiger partial charge on any atom is 0.277 e. The standard InChI is InChI=1S/C19H14FN5O2/c20-12-6-8-13(9-7-12)23-18(26)16-11-27-19(24-16)15-10-22-25(17(15)21)14-4-2-1-3-5-14/h1-11H,21H2,(H,23,26). The number of nitrogens with one attached hydrogen (secondary N) is 1. The normalized spacial score (nSPS) is 10.7. The molecule has 134 valence electrons. The quantitative estimate of drug-likeness (QED) is 0.578. The van der Waals surface area contributed by atoms with Gasteiger partial charge in [-0.2, -0.15) is 5.10 Å². The zero-order valence-electron chi connectivity index (χ0n) is 14.0. The molecule has 4 aromatic rings. The maximum atomic E-state index is 12.9. The van der Waals surface area contributed by atoms with Crippen molar-refractivity contribution in [2.24, 2.45) is 0 Å². The number of amides is 1. The molecule has 7 nitrogen and oxygen atoms in total. The molecule has 0 unspecified atom stereocenters. The number of oxazole rings is 1. The van der Waals surface area contributed by atoms with Crippen molar-refractivity contribution >= 4 is 17.4 Å². The molecule has 0 radical (unpaired) electrons. The fourth-order valence-corrected chi connectivity index (χ4v) is 2.53. The average molecular weight is 363 g/mol. The molecule has 2 heterocycles. The summed E-state index contributed by atoms with van der Waals surface area (Å²) in [5, 5.41) is 6.86. The molecule has 27 heavy (non-hydrogen) atoms. The zero-order chi connectivity index (χ0) is 18.8. The summed E-state index contributed by atoms with van der Waals surface area (Å²) in [5.74, 6) is -0.347. The third kappa shape index (κ3) is 3.28. The van der Waals surface area contributed by atoms with E-state index in [9.17, 15) is 9.18 Å². The molecule has 2 aromatic heterocycles. The van der Waals surface area contributed by atoms with Crippen LogP contribution in [0, 0.1) is 5.82 Å². The number of hydrogen-bond acceptors (Lipinski definition) is 5. The van der Waals surface area contributed by atoms with Crippen LogP contribution < -0.4 is 11.1 Å². The Labute approximate surface area is 153 Å². The van der Waals surface area contributed by atoms with Crippen molar-refractivity contribution < 1.29 is 13.6 Å². The van der Waals surface area contributed by atoms with Gasteiger partial charge in [-0.25, -0.2) is 14.1 Å². The third-order valence-electron chi connectivity index (χ3n) is 3.88. The number of nitrogens with two attached hydrogens (primary N) is 1. The number of para-hydroxylation sites is 1. The molecule has 0 aliphatic heterocycles. The van der Waals surface area contributed by atoms with Crippen LogP contribution in [0.3, 0.4) is 0 Å². The van der Waals surface area contributed by atoms with E-state index in [-0.39, 0.29) is 17.4 Å². The van der Waals surface area contributed by atoms with Crippen LogP contribution in [0.15, 0.2) is 71.5 Å². The van der Waals surface area contributed by atoms with E-state index in [1.807, 2.05) is 30.3 Å². The first kappa shape index (κ1) is 16.5. The van der Waals surface area contributed by atoms with Crippen LogP contribution in [0.5, 0.6) is 0 Å². The number of anilines is 2. The highest BCUT2D eigenvalue weighted by atomic mass is 19.1. The molecule has 1 amide bonds. The second-order valence-electron chi connectivity index (χ2n) is 5.69. The summed E-state index contributed by atoms with van der Waals surface area (Å²) in [7, 11) is 0. The van der Waals surface area contributed by atoms with Crippen molar-refractivity contribution in [3.8, 4) is 17.1 Å². The number of aromatic nitrogens is 3. The van der Waals surface area contributed by atoms with E-state index in [1.165, 1.54) is 36.7 Å². The Bertz CT molecular complexity index is 1090. The highest BCUT2D eigenvalue weighted by molar-refractivity contribution is 6.02. The van der Waals surface area contributed by atoms with Crippen molar-refractivity contribution in [2.45, 2.75) is 0 Å². The van der Waals surface area contributed by atoms with Crippen LogP contribution >= 0.6 is 0 Å². The Balaban J connectivity index is 1.57. The number of hydrogen-bond donors (Lipinski definition) is 2. The number of carbonyl (C=O) groups is 1. The van der Waals surface area contributed by atoms with Gasteiger partial charge < -0.3 is 15.5 Å². The number of carbonyl (C=O) groups excluding carboxylic acids is 1. The van der Waals surface area contributed by atoms with Gasteiger partial charge in [0.25, 0.3) is 5.91 Å². The van der Waals surface area contributed by atoms with Gasteiger partial charge in [0.1, 0.15) is 17.9 Å². The molecule has 2 aromatic carbocycles. The fourth-order valence-electron chi connectivity index (χ4n) is 2.53. The van der Waals surface area contributed by atoms with Gasteiger partial charge in [-0.1, -0.05) is 18.2 Å². The smallest absolute Gasteiger partial charge is 0.277 e. The van der Waals surface area contributed by atoms with Crippen LogP contribution in [-0.2, 0) is 0 Å². The minimum absolute atomic E-state index is 0.0705. The van der Waals surface area contributed by atoms with E-state index in [2.05, 4.69) is 15.4 Å². The van der Waals surface area contributed by atoms with Gasteiger partial charge in [0.05, 0.1) is 17.4 Å². The lowest BCUT2D eigenvalue weighted by molar-refractivity contribution is 0.102. The highest BCUT2D eigenvalue weighted by Crippen LogP contribution is 2.27. The van der Waals surface area contributed by atoms with Crippen molar-refractivity contribution in [2.75, 3.05) is 11.1 Å². The lowest BCUT2D eigenvalue weighted by Gasteiger charge is -2.03. The first-order chi connectivity index (χ1) is 13.1. The molecule has 0 saturated carbocycles. The summed E-state index contributed by atoms with van der Waals surface area (Å²) >= 11 is 0. The Morgan fingerprint density at radius 2 is 1.85 bits per heavy atom. The largest absolute Gasteiger partial charge is 0.443 e. The van der Waals surface area contributed by atoms with Gasteiger partial charge in [-0.05, 0) is 36.4 Å². The van der Waals surface area contributed by atoms with E-state index in [1.54, 1.807) is 4.68 Å². The van der Waals surface area contributed by atoms with Crippen LogP contribution in [-0.4, -0.2) is 20.7 Å². The average Bonchev–Trinajstić information content (AvgIpc) is 3.31. The number of halogens is 1. The lowest BCUT2D eigenvalue weighted by atomic mass is 10.3. The van der Waals surface area contributed by atoms with Crippen molar-refractivity contribution in [1.29, 1.82) is 0 Å². The second-order valence-corrected chi connectivity index (χ2v) is 5.69. The van der Waals surface area contributed by atoms with E-state index < -0.39 is 5.91 Å². The van der Waals surface area contributed by atoms with E-state index in [4.69, 9.17) is 10.2 Å². The SMILES string of the molecule is Nc1c(-c2nc(C(=O)Nc3ccc(F)cc3)co2)cnn1-c1ccccc1. The first-order valence-corrected chi connectivity index (χ1v) is 8.03. The molecule has 0 fully saturated rings. The number of benzene rings is 2. The van der Waals surface area contributed by atoms with Crippen LogP contribution in [0.25, 0.3) is 17.1 Å². The predicted molar refractivity (Wildman–Crippen MR) is 97.8 cm³/mol. The Hall–Kier alpha value is -3.94. The minimum Gasteiger partial charge on any atom is -0.443 e. The molecule has 0 atom stereocenters. The second kappa shape index (κ2) is 6.75. The summed E-state index contributed by atoms with van der Waals surface area (Å²) in [6.45, 7) is 0. The predicted octanol–water partition coefficient (Wildman–Crippen LogP) is 3.50. The van der Waals surface area contributed by atoms with Gasteiger partial charge in [-0.3, -0.25) is 4.79 Å². The van der Waals surface area contributed by atoms with E-state index >= 15 is 0 Å². The molecule has 0 bridgehead atoms. The van der Waals surface area contributed by atoms with E-state index in [0.717, 1.165) is 5.69 Å². The van der Waals surface area contributed by atoms with Crippen molar-refractivity contribution in [1.82, 2.24) is 14.8 Å². The van der Waals surface area contributed by atoms with Gasteiger partial charge in [0.2, 0.25) is 5.89 Å².